The average molecular weight is 300 g/mol. The molecule has 2 nitrogen and oxygen atoms in total. The number of halogens is 3. The van der Waals surface area contributed by atoms with Crippen LogP contribution >= 0.6 is 11.3 Å². The molecule has 1 N–H and O–H groups in total. The fraction of sp³-hybridized carbons (Fsp3) is 0.357. The maximum Gasteiger partial charge on any atom is 0.416 e. The van der Waals surface area contributed by atoms with Gasteiger partial charge in [0.1, 0.15) is 0 Å². The molecule has 0 saturated heterocycles. The third-order valence-corrected chi connectivity index (χ3v) is 3.67. The highest BCUT2D eigenvalue weighted by Gasteiger charge is 2.31. The van der Waals surface area contributed by atoms with Crippen molar-refractivity contribution >= 4 is 11.3 Å². The standard InChI is InChI=1S/C14H15F3N2S/c1-3-18-13(12-7-20-8-19-12)11-5-4-10(6-9(11)2)14(15,16)17/h4-8,13,18H,3H2,1-2H3. The zero-order valence-electron chi connectivity index (χ0n) is 11.2. The second-order valence-corrected chi connectivity index (χ2v) is 5.19. The normalized spacial score (nSPS) is 13.4. The molecule has 1 unspecified atom stereocenters. The van der Waals surface area contributed by atoms with Gasteiger partial charge in [-0.2, -0.15) is 13.2 Å². The summed E-state index contributed by atoms with van der Waals surface area (Å²) in [6.45, 7) is 4.36. The number of aryl methyl sites for hydroxylation is 1. The molecule has 1 aromatic carbocycles. The highest BCUT2D eigenvalue weighted by atomic mass is 32.1. The lowest BCUT2D eigenvalue weighted by molar-refractivity contribution is -0.137. The van der Waals surface area contributed by atoms with E-state index in [-0.39, 0.29) is 6.04 Å². The second-order valence-electron chi connectivity index (χ2n) is 4.47. The Morgan fingerprint density at radius 3 is 2.60 bits per heavy atom. The first-order valence-corrected chi connectivity index (χ1v) is 7.17. The van der Waals surface area contributed by atoms with E-state index in [0.717, 1.165) is 17.3 Å². The molecule has 0 radical (unpaired) electrons. The SMILES string of the molecule is CCNC(c1cscn1)c1ccc(C(F)(F)F)cc1C. The first-order valence-electron chi connectivity index (χ1n) is 6.22. The number of nitrogens with zero attached hydrogens (tertiary/aromatic N) is 1. The van der Waals surface area contributed by atoms with Gasteiger partial charge >= 0.3 is 6.18 Å². The van der Waals surface area contributed by atoms with Gasteiger partial charge in [-0.25, -0.2) is 4.98 Å². The van der Waals surface area contributed by atoms with Gasteiger partial charge in [-0.1, -0.05) is 13.0 Å². The molecule has 0 aliphatic carbocycles. The van der Waals surface area contributed by atoms with Crippen molar-refractivity contribution in [2.45, 2.75) is 26.1 Å². The summed E-state index contributed by atoms with van der Waals surface area (Å²) in [6.07, 6.45) is -4.31. The van der Waals surface area contributed by atoms with Crippen molar-refractivity contribution in [1.29, 1.82) is 0 Å². The Kier molecular flexibility index (Phi) is 4.45. The fourth-order valence-corrected chi connectivity index (χ4v) is 2.70. The van der Waals surface area contributed by atoms with Crippen LogP contribution in [0.5, 0.6) is 0 Å². The maximum atomic E-state index is 12.7. The van der Waals surface area contributed by atoms with Gasteiger partial charge in [0.05, 0.1) is 22.8 Å². The molecule has 1 atom stereocenters. The molecule has 2 aromatic rings. The lowest BCUT2D eigenvalue weighted by Crippen LogP contribution is -2.23. The Hall–Kier alpha value is -1.40. The molecule has 0 fully saturated rings. The lowest BCUT2D eigenvalue weighted by Gasteiger charge is -2.19. The number of alkyl halides is 3. The zero-order valence-corrected chi connectivity index (χ0v) is 12.0. The van der Waals surface area contributed by atoms with Gasteiger partial charge in [0.2, 0.25) is 0 Å². The van der Waals surface area contributed by atoms with Gasteiger partial charge in [0, 0.05) is 5.38 Å². The Morgan fingerprint density at radius 2 is 2.10 bits per heavy atom. The van der Waals surface area contributed by atoms with Gasteiger partial charge < -0.3 is 5.32 Å². The lowest BCUT2D eigenvalue weighted by atomic mass is 9.97. The quantitative estimate of drug-likeness (QED) is 0.916. The smallest absolute Gasteiger partial charge is 0.305 e. The van der Waals surface area contributed by atoms with Gasteiger partial charge in [0.15, 0.2) is 0 Å². The summed E-state index contributed by atoms with van der Waals surface area (Å²) in [5, 5.41) is 5.17. The number of nitrogens with one attached hydrogen (secondary N) is 1. The van der Waals surface area contributed by atoms with Crippen molar-refractivity contribution in [2.75, 3.05) is 6.54 Å². The summed E-state index contributed by atoms with van der Waals surface area (Å²) >= 11 is 1.47. The fourth-order valence-electron chi connectivity index (χ4n) is 2.12. The summed E-state index contributed by atoms with van der Waals surface area (Å²) in [5.41, 5.74) is 3.37. The van der Waals surface area contributed by atoms with Crippen molar-refractivity contribution < 1.29 is 13.2 Å². The number of thiazole rings is 1. The van der Waals surface area contributed by atoms with E-state index in [1.54, 1.807) is 12.4 Å². The van der Waals surface area contributed by atoms with Crippen LogP contribution in [0.2, 0.25) is 0 Å². The average Bonchev–Trinajstić information content (AvgIpc) is 2.89. The van der Waals surface area contributed by atoms with Crippen molar-refractivity contribution in [3.63, 3.8) is 0 Å². The van der Waals surface area contributed by atoms with Crippen LogP contribution in [0, 0.1) is 6.92 Å². The molecule has 0 saturated carbocycles. The number of benzene rings is 1. The Morgan fingerprint density at radius 1 is 1.35 bits per heavy atom. The molecule has 108 valence electrons. The molecule has 0 amide bonds. The van der Waals surface area contributed by atoms with E-state index in [1.807, 2.05) is 12.3 Å². The number of aromatic nitrogens is 1. The molecule has 20 heavy (non-hydrogen) atoms. The van der Waals surface area contributed by atoms with Crippen LogP contribution in [0.1, 0.15) is 35.3 Å². The molecule has 0 spiro atoms. The Bertz CT molecular complexity index is 564. The number of hydrogen-bond acceptors (Lipinski definition) is 3. The zero-order chi connectivity index (χ0) is 14.8. The highest BCUT2D eigenvalue weighted by Crippen LogP contribution is 2.33. The third kappa shape index (κ3) is 3.19. The number of rotatable bonds is 4. The highest BCUT2D eigenvalue weighted by molar-refractivity contribution is 7.07. The molecular weight excluding hydrogens is 285 g/mol. The monoisotopic (exact) mass is 300 g/mol. The minimum atomic E-state index is -4.31. The van der Waals surface area contributed by atoms with E-state index >= 15 is 0 Å². The molecule has 6 heteroatoms. The van der Waals surface area contributed by atoms with Crippen LogP contribution in [-0.2, 0) is 6.18 Å². The first-order chi connectivity index (χ1) is 9.43. The predicted molar refractivity (Wildman–Crippen MR) is 73.8 cm³/mol. The van der Waals surface area contributed by atoms with Crippen LogP contribution in [0.4, 0.5) is 13.2 Å². The van der Waals surface area contributed by atoms with E-state index in [0.29, 0.717) is 12.1 Å². The second kappa shape index (κ2) is 5.93. The van der Waals surface area contributed by atoms with E-state index in [4.69, 9.17) is 0 Å². The Labute approximate surface area is 119 Å². The van der Waals surface area contributed by atoms with Crippen molar-refractivity contribution in [3.05, 3.63) is 51.5 Å². The molecule has 1 heterocycles. The first kappa shape index (κ1) is 15.0. The minimum Gasteiger partial charge on any atom is -0.305 e. The molecule has 2 rings (SSSR count). The van der Waals surface area contributed by atoms with Crippen LogP contribution in [0.3, 0.4) is 0 Å². The maximum absolute atomic E-state index is 12.7. The van der Waals surface area contributed by atoms with Crippen LogP contribution < -0.4 is 5.32 Å². The van der Waals surface area contributed by atoms with Crippen molar-refractivity contribution in [3.8, 4) is 0 Å². The Balaban J connectivity index is 2.40. The summed E-state index contributed by atoms with van der Waals surface area (Å²) in [5.74, 6) is 0. The van der Waals surface area contributed by atoms with Crippen molar-refractivity contribution in [2.24, 2.45) is 0 Å². The summed E-state index contributed by atoms with van der Waals surface area (Å²) in [7, 11) is 0. The van der Waals surface area contributed by atoms with Gasteiger partial charge in [-0.3, -0.25) is 0 Å². The van der Waals surface area contributed by atoms with Crippen LogP contribution in [0.15, 0.2) is 29.1 Å². The van der Waals surface area contributed by atoms with Gasteiger partial charge in [-0.05, 0) is 36.7 Å². The van der Waals surface area contributed by atoms with Gasteiger partial charge in [-0.15, -0.1) is 11.3 Å². The predicted octanol–water partition coefficient (Wildman–Crippen LogP) is 4.17. The molecular formula is C14H15F3N2S. The van der Waals surface area contributed by atoms with Crippen LogP contribution in [-0.4, -0.2) is 11.5 Å². The van der Waals surface area contributed by atoms with Gasteiger partial charge in [0.25, 0.3) is 0 Å². The third-order valence-electron chi connectivity index (χ3n) is 3.06. The minimum absolute atomic E-state index is 0.173. The van der Waals surface area contributed by atoms with E-state index in [9.17, 15) is 13.2 Å². The molecule has 0 aliphatic heterocycles. The van der Waals surface area contributed by atoms with E-state index in [1.165, 1.54) is 23.5 Å². The van der Waals surface area contributed by atoms with Crippen molar-refractivity contribution in [1.82, 2.24) is 10.3 Å². The summed E-state index contributed by atoms with van der Waals surface area (Å²) in [6, 6.07) is 3.67. The molecule has 0 aliphatic rings. The van der Waals surface area contributed by atoms with E-state index in [2.05, 4.69) is 10.3 Å². The summed E-state index contributed by atoms with van der Waals surface area (Å²) in [4.78, 5) is 4.26. The number of hydrogen-bond donors (Lipinski definition) is 1. The topological polar surface area (TPSA) is 24.9 Å². The molecule has 1 aromatic heterocycles. The van der Waals surface area contributed by atoms with E-state index < -0.39 is 11.7 Å². The van der Waals surface area contributed by atoms with Crippen LogP contribution in [0.25, 0.3) is 0 Å². The summed E-state index contributed by atoms with van der Waals surface area (Å²) < 4.78 is 38.1. The molecule has 0 bridgehead atoms. The largest absolute Gasteiger partial charge is 0.416 e.